The van der Waals surface area contributed by atoms with Gasteiger partial charge in [0, 0.05) is 11.6 Å². The van der Waals surface area contributed by atoms with Crippen LogP contribution in [0.1, 0.15) is 22.5 Å². The van der Waals surface area contributed by atoms with E-state index in [-0.39, 0.29) is 5.91 Å². The lowest BCUT2D eigenvalue weighted by molar-refractivity contribution is -0.115. The molecule has 0 atom stereocenters. The van der Waals surface area contributed by atoms with Crippen LogP contribution in [-0.2, 0) is 4.79 Å². The highest BCUT2D eigenvalue weighted by Gasteiger charge is 2.21. The lowest BCUT2D eigenvalue weighted by Gasteiger charge is -2.04. The molecule has 3 rings (SSSR count). The zero-order valence-corrected chi connectivity index (χ0v) is 11.3. The summed E-state index contributed by atoms with van der Waals surface area (Å²) in [6, 6.07) is 9.55. The number of hydrogen-bond acceptors (Lipinski definition) is 3. The molecule has 2 aromatic rings. The quantitative estimate of drug-likeness (QED) is 0.850. The first-order valence-electron chi connectivity index (χ1n) is 6.36. The number of furan rings is 1. The molecule has 4 heteroatoms. The first kappa shape index (κ1) is 12.4. The van der Waals surface area contributed by atoms with Gasteiger partial charge in [0.05, 0.1) is 6.26 Å². The van der Waals surface area contributed by atoms with Crippen LogP contribution in [0.2, 0.25) is 0 Å². The number of aliphatic imine (C=N–C) groups is 1. The minimum Gasteiger partial charge on any atom is -0.465 e. The first-order valence-corrected chi connectivity index (χ1v) is 6.36. The zero-order valence-electron chi connectivity index (χ0n) is 11.3. The molecule has 20 heavy (non-hydrogen) atoms. The zero-order chi connectivity index (χ0) is 14.1. The summed E-state index contributed by atoms with van der Waals surface area (Å²) in [6.07, 6.45) is 3.19. The fourth-order valence-corrected chi connectivity index (χ4v) is 2.00. The molecule has 100 valence electrons. The van der Waals surface area contributed by atoms with Gasteiger partial charge < -0.3 is 9.73 Å². The number of rotatable bonds is 2. The van der Waals surface area contributed by atoms with Crippen LogP contribution in [0.5, 0.6) is 0 Å². The SMILES string of the molecule is Cc1ccc(C2=N/C(=C/c3ccco3)C(=O)N2)cc1C. The van der Waals surface area contributed by atoms with Crippen LogP contribution < -0.4 is 5.32 Å². The Bertz CT molecular complexity index is 725. The molecule has 0 unspecified atom stereocenters. The van der Waals surface area contributed by atoms with Crippen molar-refractivity contribution >= 4 is 17.8 Å². The first-order chi connectivity index (χ1) is 9.63. The molecular weight excluding hydrogens is 252 g/mol. The van der Waals surface area contributed by atoms with E-state index in [0.717, 1.165) is 5.56 Å². The molecule has 1 aromatic heterocycles. The molecule has 1 aliphatic rings. The predicted molar refractivity (Wildman–Crippen MR) is 77.3 cm³/mol. The molecule has 0 fully saturated rings. The van der Waals surface area contributed by atoms with Crippen LogP contribution in [0.3, 0.4) is 0 Å². The third kappa shape index (κ3) is 2.28. The van der Waals surface area contributed by atoms with Gasteiger partial charge in [-0.2, -0.15) is 0 Å². The molecular formula is C16H14N2O2. The second kappa shape index (κ2) is 4.81. The average molecular weight is 266 g/mol. The smallest absolute Gasteiger partial charge is 0.275 e. The maximum atomic E-state index is 11.9. The van der Waals surface area contributed by atoms with Crippen molar-refractivity contribution in [3.8, 4) is 0 Å². The molecule has 2 heterocycles. The number of carbonyl (C=O) groups excluding carboxylic acids is 1. The molecule has 0 radical (unpaired) electrons. The summed E-state index contributed by atoms with van der Waals surface area (Å²) in [7, 11) is 0. The Labute approximate surface area is 116 Å². The van der Waals surface area contributed by atoms with E-state index >= 15 is 0 Å². The highest BCUT2D eigenvalue weighted by atomic mass is 16.3. The summed E-state index contributed by atoms with van der Waals surface area (Å²) in [5.41, 5.74) is 3.64. The summed E-state index contributed by atoms with van der Waals surface area (Å²) in [4.78, 5) is 16.2. The lowest BCUT2D eigenvalue weighted by Crippen LogP contribution is -2.24. The molecule has 1 N–H and O–H groups in total. The monoisotopic (exact) mass is 266 g/mol. The topological polar surface area (TPSA) is 54.6 Å². The van der Waals surface area contributed by atoms with Crippen LogP contribution in [0, 0.1) is 13.8 Å². The van der Waals surface area contributed by atoms with Crippen molar-refractivity contribution in [3.63, 3.8) is 0 Å². The van der Waals surface area contributed by atoms with E-state index in [1.807, 2.05) is 25.1 Å². The van der Waals surface area contributed by atoms with Crippen molar-refractivity contribution in [3.05, 3.63) is 64.7 Å². The highest BCUT2D eigenvalue weighted by Crippen LogP contribution is 2.17. The molecule has 0 saturated heterocycles. The Morgan fingerprint density at radius 2 is 2.05 bits per heavy atom. The number of benzene rings is 1. The normalized spacial score (nSPS) is 16.4. The van der Waals surface area contributed by atoms with Crippen LogP contribution in [0.25, 0.3) is 6.08 Å². The number of carbonyl (C=O) groups is 1. The van der Waals surface area contributed by atoms with Gasteiger partial charge >= 0.3 is 0 Å². The number of hydrogen-bond donors (Lipinski definition) is 1. The van der Waals surface area contributed by atoms with Gasteiger partial charge in [-0.25, -0.2) is 4.99 Å². The minimum atomic E-state index is -0.213. The molecule has 1 aliphatic heterocycles. The van der Waals surface area contributed by atoms with Crippen molar-refractivity contribution in [2.24, 2.45) is 4.99 Å². The molecule has 0 spiro atoms. The summed E-state index contributed by atoms with van der Waals surface area (Å²) < 4.78 is 5.19. The fraction of sp³-hybridized carbons (Fsp3) is 0.125. The van der Waals surface area contributed by atoms with Crippen LogP contribution in [0.15, 0.2) is 51.7 Å². The third-order valence-electron chi connectivity index (χ3n) is 3.30. The van der Waals surface area contributed by atoms with Gasteiger partial charge in [-0.3, -0.25) is 4.79 Å². The Hall–Kier alpha value is -2.62. The number of amides is 1. The van der Waals surface area contributed by atoms with Gasteiger partial charge in [0.1, 0.15) is 17.3 Å². The van der Waals surface area contributed by atoms with E-state index < -0.39 is 0 Å². The fourth-order valence-electron chi connectivity index (χ4n) is 2.00. The number of nitrogens with zero attached hydrogens (tertiary/aromatic N) is 1. The Morgan fingerprint density at radius 3 is 2.75 bits per heavy atom. The van der Waals surface area contributed by atoms with Crippen molar-refractivity contribution < 1.29 is 9.21 Å². The average Bonchev–Trinajstić information content (AvgIpc) is 3.04. The molecule has 0 aliphatic carbocycles. The van der Waals surface area contributed by atoms with Gasteiger partial charge in [-0.1, -0.05) is 12.1 Å². The predicted octanol–water partition coefficient (Wildman–Crippen LogP) is 2.81. The van der Waals surface area contributed by atoms with Crippen LogP contribution in [-0.4, -0.2) is 11.7 Å². The van der Waals surface area contributed by atoms with Gasteiger partial charge in [0.15, 0.2) is 0 Å². The van der Waals surface area contributed by atoms with Crippen LogP contribution in [0.4, 0.5) is 0 Å². The van der Waals surface area contributed by atoms with E-state index in [1.54, 1.807) is 24.5 Å². The Kier molecular flexibility index (Phi) is 2.99. The van der Waals surface area contributed by atoms with Crippen LogP contribution >= 0.6 is 0 Å². The van der Waals surface area contributed by atoms with Crippen molar-refractivity contribution in [2.75, 3.05) is 0 Å². The summed E-state index contributed by atoms with van der Waals surface area (Å²) >= 11 is 0. The van der Waals surface area contributed by atoms with Crippen molar-refractivity contribution in [1.29, 1.82) is 0 Å². The van der Waals surface area contributed by atoms with Gasteiger partial charge in [0.2, 0.25) is 0 Å². The lowest BCUT2D eigenvalue weighted by atomic mass is 10.1. The number of amidine groups is 1. The summed E-state index contributed by atoms with van der Waals surface area (Å²) in [6.45, 7) is 4.09. The van der Waals surface area contributed by atoms with Gasteiger partial charge in [0.25, 0.3) is 5.91 Å². The third-order valence-corrected chi connectivity index (χ3v) is 3.30. The van der Waals surface area contributed by atoms with Gasteiger partial charge in [-0.05, 0) is 43.2 Å². The summed E-state index contributed by atoms with van der Waals surface area (Å²) in [5.74, 6) is 0.978. The summed E-state index contributed by atoms with van der Waals surface area (Å²) in [5, 5.41) is 2.78. The van der Waals surface area contributed by atoms with Crippen molar-refractivity contribution in [2.45, 2.75) is 13.8 Å². The standard InChI is InChI=1S/C16H14N2O2/c1-10-5-6-12(8-11(10)2)15-17-14(16(19)18-15)9-13-4-3-7-20-13/h3-9H,1-2H3,(H,17,18,19)/b14-9+. The highest BCUT2D eigenvalue weighted by molar-refractivity contribution is 6.19. The van der Waals surface area contributed by atoms with Crippen molar-refractivity contribution in [1.82, 2.24) is 5.32 Å². The molecule has 1 aromatic carbocycles. The Morgan fingerprint density at radius 1 is 1.20 bits per heavy atom. The largest absolute Gasteiger partial charge is 0.465 e. The van der Waals surface area contributed by atoms with E-state index in [0.29, 0.717) is 17.3 Å². The van der Waals surface area contributed by atoms with Gasteiger partial charge in [-0.15, -0.1) is 0 Å². The second-order valence-corrected chi connectivity index (χ2v) is 4.76. The van der Waals surface area contributed by atoms with E-state index in [1.165, 1.54) is 11.1 Å². The molecule has 1 amide bonds. The van der Waals surface area contributed by atoms with E-state index in [2.05, 4.69) is 17.2 Å². The van der Waals surface area contributed by atoms with E-state index in [4.69, 9.17) is 4.42 Å². The molecule has 0 bridgehead atoms. The molecule has 4 nitrogen and oxygen atoms in total. The maximum Gasteiger partial charge on any atom is 0.275 e. The Balaban J connectivity index is 1.96. The van der Waals surface area contributed by atoms with E-state index in [9.17, 15) is 4.79 Å². The number of nitrogens with one attached hydrogen (secondary N) is 1. The maximum absolute atomic E-state index is 11.9. The minimum absolute atomic E-state index is 0.213. The number of aryl methyl sites for hydroxylation is 2. The molecule has 0 saturated carbocycles. The second-order valence-electron chi connectivity index (χ2n) is 4.76.